The molecule has 8 nitrogen and oxygen atoms in total. The van der Waals surface area contributed by atoms with Crippen LogP contribution < -0.4 is 5.32 Å². The van der Waals surface area contributed by atoms with Crippen molar-refractivity contribution >= 4 is 33.2 Å². The molecule has 1 saturated carbocycles. The van der Waals surface area contributed by atoms with Crippen LogP contribution in [0.15, 0.2) is 60.4 Å². The molecule has 37 heavy (non-hydrogen) atoms. The smallest absolute Gasteiger partial charge is 0.211 e. The van der Waals surface area contributed by atoms with E-state index in [1.54, 1.807) is 17.6 Å². The van der Waals surface area contributed by atoms with Gasteiger partial charge in [-0.15, -0.1) is 0 Å². The molecule has 3 atom stereocenters. The Morgan fingerprint density at radius 3 is 2.68 bits per heavy atom. The van der Waals surface area contributed by atoms with Crippen molar-refractivity contribution < 1.29 is 8.42 Å². The van der Waals surface area contributed by atoms with Gasteiger partial charge < -0.3 is 10.2 Å². The number of benzene rings is 1. The number of fused-ring (bicyclic) bond motifs is 2. The summed E-state index contributed by atoms with van der Waals surface area (Å²) in [5.41, 5.74) is 4.64. The van der Waals surface area contributed by atoms with Gasteiger partial charge in [0.15, 0.2) is 5.82 Å². The SMILES string of the molecule is C=C/C(=C\N(C)C)c1cccc(-c2ncc(C(/C=N\C)=C/C)c(NC3CC4CC3N(S(C)(=O)=O)C4)n2)c1. The lowest BCUT2D eigenvalue weighted by molar-refractivity contribution is 0.315. The maximum Gasteiger partial charge on any atom is 0.211 e. The molecule has 4 rings (SSSR count). The summed E-state index contributed by atoms with van der Waals surface area (Å²) in [6.45, 7) is 6.52. The molecule has 0 spiro atoms. The molecule has 2 aromatic rings. The van der Waals surface area contributed by atoms with E-state index in [4.69, 9.17) is 9.97 Å². The van der Waals surface area contributed by atoms with Crippen LogP contribution in [0.2, 0.25) is 0 Å². The summed E-state index contributed by atoms with van der Waals surface area (Å²) in [6, 6.07) is 7.99. The minimum absolute atomic E-state index is 0.0200. The number of rotatable bonds is 9. The lowest BCUT2D eigenvalue weighted by Crippen LogP contribution is -2.47. The maximum atomic E-state index is 12.4. The fourth-order valence-corrected chi connectivity index (χ4v) is 6.54. The van der Waals surface area contributed by atoms with Gasteiger partial charge in [-0.25, -0.2) is 18.4 Å². The second-order valence-corrected chi connectivity index (χ2v) is 11.8. The van der Waals surface area contributed by atoms with Gasteiger partial charge in [-0.1, -0.05) is 36.9 Å². The topological polar surface area (TPSA) is 90.8 Å². The summed E-state index contributed by atoms with van der Waals surface area (Å²) in [4.78, 5) is 15.9. The molecule has 1 aromatic carbocycles. The molecular formula is C28H36N6O2S. The van der Waals surface area contributed by atoms with E-state index in [2.05, 4.69) is 23.0 Å². The second kappa shape index (κ2) is 11.0. The summed E-state index contributed by atoms with van der Waals surface area (Å²) in [7, 11) is 2.43. The van der Waals surface area contributed by atoms with Gasteiger partial charge in [0, 0.05) is 75.1 Å². The largest absolute Gasteiger partial charge is 0.383 e. The number of allylic oxidation sites excluding steroid dienone is 4. The van der Waals surface area contributed by atoms with Crippen molar-refractivity contribution in [3.8, 4) is 11.4 Å². The van der Waals surface area contributed by atoms with Crippen molar-refractivity contribution in [3.05, 3.63) is 66.5 Å². The van der Waals surface area contributed by atoms with Crippen LogP contribution in [0.5, 0.6) is 0 Å². The Kier molecular flexibility index (Phi) is 7.94. The molecule has 1 aliphatic heterocycles. The zero-order valence-corrected chi connectivity index (χ0v) is 23.0. The first-order chi connectivity index (χ1) is 17.6. The molecular weight excluding hydrogens is 484 g/mol. The summed E-state index contributed by atoms with van der Waals surface area (Å²) < 4.78 is 26.4. The van der Waals surface area contributed by atoms with Gasteiger partial charge in [-0.2, -0.15) is 4.31 Å². The third kappa shape index (κ3) is 5.83. The normalized spacial score (nSPS) is 22.6. The maximum absolute atomic E-state index is 12.4. The summed E-state index contributed by atoms with van der Waals surface area (Å²) in [5, 5.41) is 3.61. The van der Waals surface area contributed by atoms with Crippen molar-refractivity contribution in [1.29, 1.82) is 0 Å². The number of hydrogen-bond acceptors (Lipinski definition) is 7. The van der Waals surface area contributed by atoms with E-state index in [1.165, 1.54) is 6.26 Å². The van der Waals surface area contributed by atoms with Crippen LogP contribution in [0.1, 0.15) is 30.9 Å². The number of nitrogens with one attached hydrogen (secondary N) is 1. The molecule has 0 radical (unpaired) electrons. The summed E-state index contributed by atoms with van der Waals surface area (Å²) in [6.07, 6.45) is 12.5. The molecule has 2 heterocycles. The molecule has 3 unspecified atom stereocenters. The second-order valence-electron chi connectivity index (χ2n) is 9.91. The number of piperidine rings is 1. The molecule has 2 bridgehead atoms. The predicted octanol–water partition coefficient (Wildman–Crippen LogP) is 4.17. The van der Waals surface area contributed by atoms with Crippen molar-refractivity contribution in [2.75, 3.05) is 39.3 Å². The third-order valence-corrected chi connectivity index (χ3v) is 8.20. The average molecular weight is 521 g/mol. The average Bonchev–Trinajstić information content (AvgIpc) is 3.47. The van der Waals surface area contributed by atoms with Crippen LogP contribution in [-0.4, -0.2) is 79.8 Å². The number of aliphatic imine (C=N–C) groups is 1. The van der Waals surface area contributed by atoms with E-state index < -0.39 is 10.0 Å². The monoisotopic (exact) mass is 520 g/mol. The standard InChI is InChI=1S/C28H36N6O2S/c1-7-20(15-29-3)24-16-30-27(23-11-9-10-22(14-23)21(8-2)18-33(4)5)32-28(24)31-25-12-19-13-26(25)34(17-19)37(6,35)36/h7-11,14-16,18-19,25-26H,2,12-13,17H2,1,3-6H3,(H,30,31,32)/b20-7+,21-18+,29-15-. The first-order valence-corrected chi connectivity index (χ1v) is 14.3. The van der Waals surface area contributed by atoms with Crippen LogP contribution in [-0.2, 0) is 10.0 Å². The first-order valence-electron chi connectivity index (χ1n) is 12.4. The number of aromatic nitrogens is 2. The quantitative estimate of drug-likeness (QED) is 0.394. The van der Waals surface area contributed by atoms with E-state index in [1.807, 2.05) is 68.7 Å². The van der Waals surface area contributed by atoms with Crippen LogP contribution in [0.4, 0.5) is 5.82 Å². The zero-order valence-electron chi connectivity index (χ0n) is 22.2. The van der Waals surface area contributed by atoms with Crippen LogP contribution in [0, 0.1) is 5.92 Å². The van der Waals surface area contributed by atoms with Crippen molar-refractivity contribution in [3.63, 3.8) is 0 Å². The fraction of sp³-hybridized carbons (Fsp3) is 0.393. The Hall–Kier alpha value is -3.30. The van der Waals surface area contributed by atoms with E-state index in [0.29, 0.717) is 24.1 Å². The Morgan fingerprint density at radius 1 is 1.27 bits per heavy atom. The zero-order chi connectivity index (χ0) is 26.7. The molecule has 1 aliphatic carbocycles. The molecule has 2 fully saturated rings. The molecule has 0 amide bonds. The van der Waals surface area contributed by atoms with Gasteiger partial charge in [-0.3, -0.25) is 4.99 Å². The minimum atomic E-state index is -3.26. The molecule has 196 valence electrons. The van der Waals surface area contributed by atoms with Crippen LogP contribution >= 0.6 is 0 Å². The highest BCUT2D eigenvalue weighted by atomic mass is 32.2. The van der Waals surface area contributed by atoms with E-state index >= 15 is 0 Å². The lowest BCUT2D eigenvalue weighted by Gasteiger charge is -2.32. The Bertz CT molecular complexity index is 1360. The fourth-order valence-electron chi connectivity index (χ4n) is 5.33. The number of hydrogen-bond donors (Lipinski definition) is 1. The summed E-state index contributed by atoms with van der Waals surface area (Å²) >= 11 is 0. The van der Waals surface area contributed by atoms with E-state index in [9.17, 15) is 8.42 Å². The van der Waals surface area contributed by atoms with Crippen LogP contribution in [0.25, 0.3) is 22.5 Å². The lowest BCUT2D eigenvalue weighted by atomic mass is 10.0. The Balaban J connectivity index is 1.74. The number of anilines is 1. The molecule has 1 saturated heterocycles. The van der Waals surface area contributed by atoms with Crippen molar-refractivity contribution in [2.24, 2.45) is 10.9 Å². The highest BCUT2D eigenvalue weighted by Crippen LogP contribution is 2.41. The minimum Gasteiger partial charge on any atom is -0.383 e. The Labute approximate surface area is 220 Å². The Morgan fingerprint density at radius 2 is 2.05 bits per heavy atom. The van der Waals surface area contributed by atoms with E-state index in [-0.39, 0.29) is 12.1 Å². The molecule has 1 N–H and O–H groups in total. The molecule has 1 aromatic heterocycles. The van der Waals surface area contributed by atoms with Crippen LogP contribution in [0.3, 0.4) is 0 Å². The predicted molar refractivity (Wildman–Crippen MR) is 153 cm³/mol. The number of sulfonamides is 1. The molecule has 2 aliphatic rings. The van der Waals surface area contributed by atoms with Gasteiger partial charge >= 0.3 is 0 Å². The van der Waals surface area contributed by atoms with Gasteiger partial charge in [0.25, 0.3) is 0 Å². The summed E-state index contributed by atoms with van der Waals surface area (Å²) in [5.74, 6) is 1.63. The van der Waals surface area contributed by atoms with Gasteiger partial charge in [0.1, 0.15) is 5.82 Å². The van der Waals surface area contributed by atoms with Crippen molar-refractivity contribution in [2.45, 2.75) is 31.8 Å². The van der Waals surface area contributed by atoms with Gasteiger partial charge in [-0.05, 0) is 42.9 Å². The number of nitrogens with zero attached hydrogens (tertiary/aromatic N) is 5. The van der Waals surface area contributed by atoms with Crippen molar-refractivity contribution in [1.82, 2.24) is 19.2 Å². The molecule has 9 heteroatoms. The highest BCUT2D eigenvalue weighted by Gasteiger charge is 2.48. The van der Waals surface area contributed by atoms with Gasteiger partial charge in [0.2, 0.25) is 10.0 Å². The van der Waals surface area contributed by atoms with E-state index in [0.717, 1.165) is 40.7 Å². The first kappa shape index (κ1) is 26.8. The van der Waals surface area contributed by atoms with Gasteiger partial charge in [0.05, 0.1) is 6.26 Å². The third-order valence-electron chi connectivity index (χ3n) is 6.93. The highest BCUT2D eigenvalue weighted by molar-refractivity contribution is 7.88.